The highest BCUT2D eigenvalue weighted by molar-refractivity contribution is 5.95. The topological polar surface area (TPSA) is 111 Å². The van der Waals surface area contributed by atoms with Crippen LogP contribution >= 0.6 is 0 Å². The quantitative estimate of drug-likeness (QED) is 0.212. The zero-order chi connectivity index (χ0) is 15.2. The molecule has 21 heavy (non-hydrogen) atoms. The van der Waals surface area contributed by atoms with Crippen LogP contribution in [0.3, 0.4) is 0 Å². The minimum Gasteiger partial charge on any atom is -0.493 e. The SMILES string of the molecule is NC(CCCOc1ccc([N+](=O)[O-])c2ccccc12)=NO. The van der Waals surface area contributed by atoms with Crippen molar-refractivity contribution in [1.29, 1.82) is 0 Å². The molecule has 0 aromatic heterocycles. The molecule has 2 aromatic rings. The summed E-state index contributed by atoms with van der Waals surface area (Å²) in [4.78, 5) is 10.6. The summed E-state index contributed by atoms with van der Waals surface area (Å²) >= 11 is 0. The lowest BCUT2D eigenvalue weighted by atomic mass is 10.1. The molecule has 0 unspecified atom stereocenters. The van der Waals surface area contributed by atoms with Gasteiger partial charge in [0.25, 0.3) is 5.69 Å². The fourth-order valence-electron chi connectivity index (χ4n) is 2.03. The fraction of sp³-hybridized carbons (Fsp3) is 0.214. The summed E-state index contributed by atoms with van der Waals surface area (Å²) in [5.74, 6) is 0.725. The molecule has 7 heteroatoms. The summed E-state index contributed by atoms with van der Waals surface area (Å²) in [6.45, 7) is 0.373. The molecule has 0 saturated heterocycles. The van der Waals surface area contributed by atoms with Crippen LogP contribution in [-0.4, -0.2) is 22.6 Å². The van der Waals surface area contributed by atoms with Crippen molar-refractivity contribution in [2.24, 2.45) is 10.9 Å². The van der Waals surface area contributed by atoms with Gasteiger partial charge >= 0.3 is 0 Å². The van der Waals surface area contributed by atoms with Gasteiger partial charge in [0.15, 0.2) is 0 Å². The first-order chi connectivity index (χ1) is 10.1. The molecular formula is C14H15N3O4. The number of non-ortho nitro benzene ring substituents is 1. The van der Waals surface area contributed by atoms with Crippen molar-refractivity contribution in [3.63, 3.8) is 0 Å². The number of ether oxygens (including phenoxy) is 1. The predicted octanol–water partition coefficient (Wildman–Crippen LogP) is 2.65. The lowest BCUT2D eigenvalue weighted by molar-refractivity contribution is -0.383. The minimum atomic E-state index is -0.412. The first-order valence-corrected chi connectivity index (χ1v) is 6.39. The molecular weight excluding hydrogens is 274 g/mol. The second-order valence-corrected chi connectivity index (χ2v) is 4.43. The highest BCUT2D eigenvalue weighted by Crippen LogP contribution is 2.32. The number of amidine groups is 1. The van der Waals surface area contributed by atoms with Crippen molar-refractivity contribution in [1.82, 2.24) is 0 Å². The van der Waals surface area contributed by atoms with E-state index in [2.05, 4.69) is 5.16 Å². The van der Waals surface area contributed by atoms with Gasteiger partial charge in [-0.2, -0.15) is 0 Å². The number of hydrogen-bond donors (Lipinski definition) is 2. The van der Waals surface area contributed by atoms with Crippen LogP contribution in [0.1, 0.15) is 12.8 Å². The molecule has 110 valence electrons. The summed E-state index contributed by atoms with van der Waals surface area (Å²) in [5.41, 5.74) is 5.42. The Morgan fingerprint density at radius 2 is 2.00 bits per heavy atom. The maximum atomic E-state index is 11.0. The third-order valence-corrected chi connectivity index (χ3v) is 3.02. The van der Waals surface area contributed by atoms with Crippen LogP contribution < -0.4 is 10.5 Å². The molecule has 0 amide bonds. The van der Waals surface area contributed by atoms with E-state index in [1.807, 2.05) is 0 Å². The highest BCUT2D eigenvalue weighted by atomic mass is 16.6. The monoisotopic (exact) mass is 289 g/mol. The Kier molecular flexibility index (Phi) is 4.55. The van der Waals surface area contributed by atoms with Crippen LogP contribution in [0, 0.1) is 10.1 Å². The van der Waals surface area contributed by atoms with Crippen LogP contribution in [0.5, 0.6) is 5.75 Å². The van der Waals surface area contributed by atoms with Crippen LogP contribution in [0.25, 0.3) is 10.8 Å². The van der Waals surface area contributed by atoms with E-state index in [1.165, 1.54) is 6.07 Å². The number of fused-ring (bicyclic) bond motifs is 1. The summed E-state index contributed by atoms with van der Waals surface area (Å²) < 4.78 is 5.63. The number of nitro groups is 1. The zero-order valence-electron chi connectivity index (χ0n) is 11.2. The van der Waals surface area contributed by atoms with Crippen LogP contribution in [-0.2, 0) is 0 Å². The van der Waals surface area contributed by atoms with E-state index in [0.717, 1.165) is 0 Å². The molecule has 0 bridgehead atoms. The van der Waals surface area contributed by atoms with Gasteiger partial charge in [0.05, 0.1) is 16.9 Å². The van der Waals surface area contributed by atoms with E-state index in [9.17, 15) is 10.1 Å². The highest BCUT2D eigenvalue weighted by Gasteiger charge is 2.14. The second kappa shape index (κ2) is 6.56. The van der Waals surface area contributed by atoms with Gasteiger partial charge in [0, 0.05) is 17.9 Å². The van der Waals surface area contributed by atoms with E-state index in [0.29, 0.717) is 36.0 Å². The third kappa shape index (κ3) is 3.38. The fourth-order valence-corrected chi connectivity index (χ4v) is 2.03. The van der Waals surface area contributed by atoms with Crippen molar-refractivity contribution >= 4 is 22.3 Å². The Morgan fingerprint density at radius 3 is 2.67 bits per heavy atom. The van der Waals surface area contributed by atoms with E-state index in [1.54, 1.807) is 30.3 Å². The van der Waals surface area contributed by atoms with Gasteiger partial charge in [0.2, 0.25) is 0 Å². The summed E-state index contributed by atoms with van der Waals surface area (Å²) in [6.07, 6.45) is 1.00. The number of oxime groups is 1. The molecule has 0 aliphatic heterocycles. The van der Waals surface area contributed by atoms with Gasteiger partial charge in [-0.05, 0) is 18.6 Å². The normalized spacial score (nSPS) is 11.5. The van der Waals surface area contributed by atoms with E-state index in [4.69, 9.17) is 15.7 Å². The molecule has 0 fully saturated rings. The first-order valence-electron chi connectivity index (χ1n) is 6.39. The van der Waals surface area contributed by atoms with Crippen molar-refractivity contribution in [2.75, 3.05) is 6.61 Å². The van der Waals surface area contributed by atoms with Gasteiger partial charge in [-0.3, -0.25) is 10.1 Å². The predicted molar refractivity (Wildman–Crippen MR) is 78.7 cm³/mol. The van der Waals surface area contributed by atoms with Crippen molar-refractivity contribution in [2.45, 2.75) is 12.8 Å². The maximum absolute atomic E-state index is 11.0. The van der Waals surface area contributed by atoms with Crippen molar-refractivity contribution in [3.05, 3.63) is 46.5 Å². The second-order valence-electron chi connectivity index (χ2n) is 4.43. The lowest BCUT2D eigenvalue weighted by Crippen LogP contribution is -2.12. The number of hydrogen-bond acceptors (Lipinski definition) is 5. The van der Waals surface area contributed by atoms with Crippen LogP contribution in [0.2, 0.25) is 0 Å². The molecule has 0 radical (unpaired) electrons. The Labute approximate surface area is 120 Å². The van der Waals surface area contributed by atoms with Crippen LogP contribution in [0.4, 0.5) is 5.69 Å². The summed E-state index contributed by atoms with van der Waals surface area (Å²) in [6, 6.07) is 10.0. The molecule has 0 spiro atoms. The maximum Gasteiger partial charge on any atom is 0.277 e. The molecule has 0 aliphatic rings. The van der Waals surface area contributed by atoms with Crippen molar-refractivity contribution in [3.8, 4) is 5.75 Å². The molecule has 0 saturated carbocycles. The number of nitrogens with zero attached hydrogens (tertiary/aromatic N) is 2. The largest absolute Gasteiger partial charge is 0.493 e. The molecule has 0 heterocycles. The van der Waals surface area contributed by atoms with Gasteiger partial charge in [0.1, 0.15) is 11.6 Å². The molecule has 3 N–H and O–H groups in total. The Morgan fingerprint density at radius 1 is 1.29 bits per heavy atom. The van der Waals surface area contributed by atoms with Crippen LogP contribution in [0.15, 0.2) is 41.6 Å². The lowest BCUT2D eigenvalue weighted by Gasteiger charge is -2.09. The number of rotatable bonds is 6. The van der Waals surface area contributed by atoms with E-state index >= 15 is 0 Å². The third-order valence-electron chi connectivity index (χ3n) is 3.02. The molecule has 2 rings (SSSR count). The Hall–Kier alpha value is -2.83. The molecule has 7 nitrogen and oxygen atoms in total. The summed E-state index contributed by atoms with van der Waals surface area (Å²) in [7, 11) is 0. The number of nitro benzene ring substituents is 1. The molecule has 0 aliphatic carbocycles. The van der Waals surface area contributed by atoms with E-state index < -0.39 is 4.92 Å². The average molecular weight is 289 g/mol. The number of benzene rings is 2. The van der Waals surface area contributed by atoms with E-state index in [-0.39, 0.29) is 11.5 Å². The zero-order valence-corrected chi connectivity index (χ0v) is 11.2. The Bertz CT molecular complexity index is 685. The van der Waals surface area contributed by atoms with Gasteiger partial charge in [-0.15, -0.1) is 0 Å². The Balaban J connectivity index is 2.18. The van der Waals surface area contributed by atoms with Gasteiger partial charge < -0.3 is 15.7 Å². The standard InChI is InChI=1S/C14H15N3O4/c15-14(16-18)6-3-9-21-13-8-7-12(17(19)20)10-4-1-2-5-11(10)13/h1-2,4-5,7-8,18H,3,6,9H2,(H2,15,16). The minimum absolute atomic E-state index is 0.0506. The molecule has 2 aromatic carbocycles. The average Bonchev–Trinajstić information content (AvgIpc) is 2.50. The van der Waals surface area contributed by atoms with Gasteiger partial charge in [-0.1, -0.05) is 23.4 Å². The molecule has 0 atom stereocenters. The smallest absolute Gasteiger partial charge is 0.277 e. The van der Waals surface area contributed by atoms with Gasteiger partial charge in [-0.25, -0.2) is 0 Å². The number of nitrogens with two attached hydrogens (primary N) is 1. The summed E-state index contributed by atoms with van der Waals surface area (Å²) in [5, 5.41) is 23.5. The van der Waals surface area contributed by atoms with Crippen molar-refractivity contribution < 1.29 is 14.9 Å². The first kappa shape index (κ1) is 14.6.